The fraction of sp³-hybridized carbons (Fsp3) is 0.588. The van der Waals surface area contributed by atoms with Gasteiger partial charge in [0, 0.05) is 49.7 Å². The summed E-state index contributed by atoms with van der Waals surface area (Å²) in [7, 11) is 2.14. The van der Waals surface area contributed by atoms with Gasteiger partial charge in [0.15, 0.2) is 0 Å². The Morgan fingerprint density at radius 1 is 1.30 bits per heavy atom. The maximum Gasteiger partial charge on any atom is 0.138 e. The molecule has 3 atom stereocenters. The van der Waals surface area contributed by atoms with Gasteiger partial charge in [0.1, 0.15) is 6.29 Å². The van der Waals surface area contributed by atoms with Crippen molar-refractivity contribution in [1.82, 2.24) is 10.2 Å². The van der Waals surface area contributed by atoms with E-state index in [4.69, 9.17) is 0 Å². The molecule has 2 N–H and O–H groups in total. The molecule has 126 valence electrons. The average Bonchev–Trinajstić information content (AvgIpc) is 2.62. The molecule has 0 amide bonds. The molecule has 2 heterocycles. The summed E-state index contributed by atoms with van der Waals surface area (Å²) in [5.41, 5.74) is 2.04. The molecule has 2 fully saturated rings. The Hall–Kier alpha value is -1.08. The fourth-order valence-electron chi connectivity index (χ4n) is 3.30. The van der Waals surface area contributed by atoms with Crippen molar-refractivity contribution in [3.05, 3.63) is 29.8 Å². The van der Waals surface area contributed by atoms with Crippen LogP contribution in [-0.4, -0.2) is 73.1 Å². The monoisotopic (exact) mass is 335 g/mol. The lowest BCUT2D eigenvalue weighted by Crippen LogP contribution is -2.48. The molecule has 23 heavy (non-hydrogen) atoms. The van der Waals surface area contributed by atoms with Gasteiger partial charge in [-0.3, -0.25) is 0 Å². The lowest BCUT2D eigenvalue weighted by atomic mass is 9.99. The van der Waals surface area contributed by atoms with Crippen LogP contribution in [0.5, 0.6) is 0 Å². The summed E-state index contributed by atoms with van der Waals surface area (Å²) in [5, 5.41) is 14.0. The highest BCUT2D eigenvalue weighted by molar-refractivity contribution is 8.00. The Morgan fingerprint density at radius 3 is 2.78 bits per heavy atom. The standard InChI is InChI=1S/C17H25N3O2S/c1-19-7-9-20(10-8-19)15-5-3-2-4-13(15)16(22)17-14(12-21)18-6-11-23-17/h2-5,12,14,16-18,22H,6-11H2,1H3. The van der Waals surface area contributed by atoms with Gasteiger partial charge in [-0.05, 0) is 13.1 Å². The number of anilines is 1. The van der Waals surface area contributed by atoms with Crippen LogP contribution >= 0.6 is 11.8 Å². The number of aliphatic hydroxyl groups is 1. The van der Waals surface area contributed by atoms with Gasteiger partial charge < -0.3 is 25.0 Å². The highest BCUT2D eigenvalue weighted by Gasteiger charge is 2.33. The van der Waals surface area contributed by atoms with Crippen molar-refractivity contribution in [3.8, 4) is 0 Å². The first-order valence-electron chi connectivity index (χ1n) is 8.21. The molecular weight excluding hydrogens is 310 g/mol. The van der Waals surface area contributed by atoms with Gasteiger partial charge in [0.25, 0.3) is 0 Å². The van der Waals surface area contributed by atoms with Crippen LogP contribution in [0.25, 0.3) is 0 Å². The van der Waals surface area contributed by atoms with E-state index in [1.807, 2.05) is 18.2 Å². The molecule has 0 spiro atoms. The van der Waals surface area contributed by atoms with Crippen molar-refractivity contribution in [2.24, 2.45) is 0 Å². The van der Waals surface area contributed by atoms with Crippen molar-refractivity contribution in [2.45, 2.75) is 17.4 Å². The fourth-order valence-corrected chi connectivity index (χ4v) is 4.51. The minimum Gasteiger partial charge on any atom is -0.387 e. The molecule has 3 unspecified atom stereocenters. The summed E-state index contributed by atoms with van der Waals surface area (Å²) < 4.78 is 0. The number of likely N-dealkylation sites (N-methyl/N-ethyl adjacent to an activating group) is 1. The van der Waals surface area contributed by atoms with Crippen LogP contribution in [-0.2, 0) is 4.79 Å². The molecule has 0 saturated carbocycles. The molecule has 2 aliphatic heterocycles. The van der Waals surface area contributed by atoms with Gasteiger partial charge in [-0.25, -0.2) is 0 Å². The topological polar surface area (TPSA) is 55.8 Å². The maximum absolute atomic E-state index is 11.3. The van der Waals surface area contributed by atoms with Crippen molar-refractivity contribution in [1.29, 1.82) is 0 Å². The molecule has 0 aliphatic carbocycles. The third kappa shape index (κ3) is 3.71. The third-order valence-corrected chi connectivity index (χ3v) is 6.08. The maximum atomic E-state index is 11.3. The number of aliphatic hydroxyl groups excluding tert-OH is 1. The minimum absolute atomic E-state index is 0.130. The van der Waals surface area contributed by atoms with E-state index in [2.05, 4.69) is 28.2 Å². The van der Waals surface area contributed by atoms with E-state index in [9.17, 15) is 9.90 Å². The summed E-state index contributed by atoms with van der Waals surface area (Å²) in [5.74, 6) is 0.919. The van der Waals surface area contributed by atoms with Crippen LogP contribution in [0, 0.1) is 0 Å². The lowest BCUT2D eigenvalue weighted by Gasteiger charge is -2.37. The second-order valence-electron chi connectivity index (χ2n) is 6.25. The quantitative estimate of drug-likeness (QED) is 0.792. The molecule has 0 radical (unpaired) electrons. The average molecular weight is 335 g/mol. The molecule has 1 aromatic rings. The molecule has 5 nitrogen and oxygen atoms in total. The number of hydrogen-bond acceptors (Lipinski definition) is 6. The normalized spacial score (nSPS) is 27.7. The molecule has 2 saturated heterocycles. The summed E-state index contributed by atoms with van der Waals surface area (Å²) >= 11 is 1.68. The summed E-state index contributed by atoms with van der Waals surface area (Å²) in [6.07, 6.45) is 0.289. The predicted molar refractivity (Wildman–Crippen MR) is 95.2 cm³/mol. The summed E-state index contributed by atoms with van der Waals surface area (Å²) in [4.78, 5) is 16.0. The summed E-state index contributed by atoms with van der Waals surface area (Å²) in [6.45, 7) is 4.81. The van der Waals surface area contributed by atoms with E-state index in [-0.39, 0.29) is 11.3 Å². The number of benzene rings is 1. The van der Waals surface area contributed by atoms with Gasteiger partial charge in [-0.2, -0.15) is 11.8 Å². The number of hydrogen-bond donors (Lipinski definition) is 2. The zero-order valence-electron chi connectivity index (χ0n) is 13.5. The third-order valence-electron chi connectivity index (χ3n) is 4.70. The summed E-state index contributed by atoms with van der Waals surface area (Å²) in [6, 6.07) is 7.78. The first-order chi connectivity index (χ1) is 11.2. The van der Waals surface area contributed by atoms with Crippen molar-refractivity contribution < 1.29 is 9.90 Å². The second kappa shape index (κ2) is 7.66. The number of nitrogens with one attached hydrogen (secondary N) is 1. The van der Waals surface area contributed by atoms with Crippen LogP contribution in [0.3, 0.4) is 0 Å². The number of rotatable bonds is 4. The largest absolute Gasteiger partial charge is 0.387 e. The molecule has 0 bridgehead atoms. The van der Waals surface area contributed by atoms with Crippen molar-refractivity contribution in [3.63, 3.8) is 0 Å². The van der Waals surface area contributed by atoms with Crippen molar-refractivity contribution in [2.75, 3.05) is 50.4 Å². The van der Waals surface area contributed by atoms with Gasteiger partial charge in [-0.15, -0.1) is 0 Å². The number of piperazine rings is 1. The molecular formula is C17H25N3O2S. The van der Waals surface area contributed by atoms with Crippen LogP contribution in [0.2, 0.25) is 0 Å². The highest BCUT2D eigenvalue weighted by atomic mass is 32.2. The Labute approximate surface area is 142 Å². The van der Waals surface area contributed by atoms with Gasteiger partial charge in [0.2, 0.25) is 0 Å². The van der Waals surface area contributed by atoms with E-state index >= 15 is 0 Å². The number of thioether (sulfide) groups is 1. The number of aldehydes is 1. The molecule has 3 rings (SSSR count). The smallest absolute Gasteiger partial charge is 0.138 e. The first-order valence-corrected chi connectivity index (χ1v) is 9.26. The lowest BCUT2D eigenvalue weighted by molar-refractivity contribution is -0.110. The molecule has 0 aromatic heterocycles. The van der Waals surface area contributed by atoms with Gasteiger partial charge in [0.05, 0.1) is 17.4 Å². The molecule has 2 aliphatic rings. The SMILES string of the molecule is CN1CCN(c2ccccc2C(O)C2SCCNC2C=O)CC1. The van der Waals surface area contributed by atoms with Crippen LogP contribution < -0.4 is 10.2 Å². The number of para-hydroxylation sites is 1. The zero-order valence-corrected chi connectivity index (χ0v) is 14.3. The van der Waals surface area contributed by atoms with Crippen LogP contribution in [0.1, 0.15) is 11.7 Å². The highest BCUT2D eigenvalue weighted by Crippen LogP contribution is 2.35. The first kappa shape index (κ1) is 16.8. The molecule has 1 aromatic carbocycles. The van der Waals surface area contributed by atoms with E-state index < -0.39 is 6.10 Å². The second-order valence-corrected chi connectivity index (χ2v) is 7.53. The minimum atomic E-state index is -0.640. The van der Waals surface area contributed by atoms with Gasteiger partial charge in [-0.1, -0.05) is 18.2 Å². The van der Waals surface area contributed by atoms with E-state index in [1.165, 1.54) is 0 Å². The Balaban J connectivity index is 1.83. The van der Waals surface area contributed by atoms with Crippen LogP contribution in [0.4, 0.5) is 5.69 Å². The number of carbonyl (C=O) groups is 1. The van der Waals surface area contributed by atoms with Crippen LogP contribution in [0.15, 0.2) is 24.3 Å². The van der Waals surface area contributed by atoms with E-state index in [0.717, 1.165) is 56.0 Å². The number of nitrogens with zero attached hydrogens (tertiary/aromatic N) is 2. The van der Waals surface area contributed by atoms with Crippen molar-refractivity contribution >= 4 is 23.7 Å². The van der Waals surface area contributed by atoms with Gasteiger partial charge >= 0.3 is 0 Å². The Morgan fingerprint density at radius 2 is 2.04 bits per heavy atom. The Bertz CT molecular complexity index is 534. The van der Waals surface area contributed by atoms with E-state index in [0.29, 0.717) is 0 Å². The zero-order chi connectivity index (χ0) is 16.2. The molecule has 6 heteroatoms. The van der Waals surface area contributed by atoms with E-state index in [1.54, 1.807) is 11.8 Å². The predicted octanol–water partition coefficient (Wildman–Crippen LogP) is 0.744. The number of carbonyl (C=O) groups excluding carboxylic acids is 1. The Kier molecular flexibility index (Phi) is 5.58.